The van der Waals surface area contributed by atoms with Gasteiger partial charge in [0, 0.05) is 5.54 Å². The molecular weight excluding hydrogens is 202 g/mol. The lowest BCUT2D eigenvalue weighted by molar-refractivity contribution is 0.109. The Morgan fingerprint density at radius 2 is 1.86 bits per heavy atom. The number of hydrogen-bond donors (Lipinski definition) is 1. The molecule has 0 saturated heterocycles. The third-order valence-corrected chi connectivity index (χ3v) is 3.88. The second-order valence-electron chi connectivity index (χ2n) is 4.46. The number of nitrogens with two attached hydrogens (primary N) is 1. The molecule has 86 valence electrons. The summed E-state index contributed by atoms with van der Waals surface area (Å²) in [6.45, 7) is 7.61. The van der Waals surface area contributed by atoms with Crippen LogP contribution in [-0.4, -0.2) is 38.2 Å². The van der Waals surface area contributed by atoms with E-state index < -0.39 is 15.4 Å². The van der Waals surface area contributed by atoms with Crippen LogP contribution in [0.1, 0.15) is 27.7 Å². The molecule has 4 nitrogen and oxygen atoms in total. The molecule has 0 aromatic rings. The highest BCUT2D eigenvalue weighted by molar-refractivity contribution is 7.91. The van der Waals surface area contributed by atoms with Gasteiger partial charge in [0.05, 0.1) is 24.2 Å². The molecule has 0 fully saturated rings. The fourth-order valence-corrected chi connectivity index (χ4v) is 1.57. The lowest BCUT2D eigenvalue weighted by Gasteiger charge is -2.18. The third kappa shape index (κ3) is 6.34. The summed E-state index contributed by atoms with van der Waals surface area (Å²) in [6.07, 6.45) is 0. The highest BCUT2D eigenvalue weighted by atomic mass is 32.2. The topological polar surface area (TPSA) is 69.4 Å². The molecule has 0 aliphatic rings. The first-order valence-corrected chi connectivity index (χ1v) is 6.45. The van der Waals surface area contributed by atoms with Gasteiger partial charge in [-0.25, -0.2) is 8.42 Å². The summed E-state index contributed by atoms with van der Waals surface area (Å²) < 4.78 is 27.9. The van der Waals surface area contributed by atoms with E-state index in [4.69, 9.17) is 10.5 Å². The van der Waals surface area contributed by atoms with Crippen molar-refractivity contribution < 1.29 is 13.2 Å². The van der Waals surface area contributed by atoms with Gasteiger partial charge in [0.15, 0.2) is 9.84 Å². The van der Waals surface area contributed by atoms with Gasteiger partial charge in [-0.1, -0.05) is 0 Å². The Kier molecular flexibility index (Phi) is 5.05. The normalized spacial score (nSPS) is 13.6. The lowest BCUT2D eigenvalue weighted by Crippen LogP contribution is -2.38. The highest BCUT2D eigenvalue weighted by Gasteiger charge is 2.16. The molecule has 0 spiro atoms. The number of ether oxygens (including phenoxy) is 1. The van der Waals surface area contributed by atoms with Crippen molar-refractivity contribution in [2.24, 2.45) is 5.73 Å². The number of hydrogen-bond acceptors (Lipinski definition) is 4. The molecule has 0 aromatic carbocycles. The summed E-state index contributed by atoms with van der Waals surface area (Å²) in [6, 6.07) is 0. The Balaban J connectivity index is 3.77. The van der Waals surface area contributed by atoms with Crippen LogP contribution in [0.5, 0.6) is 0 Å². The van der Waals surface area contributed by atoms with Gasteiger partial charge in [-0.2, -0.15) is 0 Å². The molecule has 0 aliphatic heterocycles. The predicted octanol–water partition coefficient (Wildman–Crippen LogP) is 0.564. The quantitative estimate of drug-likeness (QED) is 0.668. The summed E-state index contributed by atoms with van der Waals surface area (Å²) >= 11 is 0. The standard InChI is InChI=1S/C9H21NO3S/c1-8(2)14(11,12)6-5-13-7-9(3,4)10/h8H,5-7,10H2,1-4H3. The molecule has 0 unspecified atom stereocenters. The van der Waals surface area contributed by atoms with Crippen molar-refractivity contribution >= 4 is 9.84 Å². The average molecular weight is 223 g/mol. The molecule has 0 aliphatic carbocycles. The van der Waals surface area contributed by atoms with Crippen molar-refractivity contribution in [1.29, 1.82) is 0 Å². The van der Waals surface area contributed by atoms with Crippen LogP contribution in [0.3, 0.4) is 0 Å². The van der Waals surface area contributed by atoms with Crippen molar-refractivity contribution in [2.45, 2.75) is 38.5 Å². The summed E-state index contributed by atoms with van der Waals surface area (Å²) in [4.78, 5) is 0. The smallest absolute Gasteiger partial charge is 0.154 e. The minimum absolute atomic E-state index is 0.0702. The van der Waals surface area contributed by atoms with Crippen LogP contribution >= 0.6 is 0 Å². The van der Waals surface area contributed by atoms with Gasteiger partial charge in [0.1, 0.15) is 0 Å². The van der Waals surface area contributed by atoms with E-state index >= 15 is 0 Å². The van der Waals surface area contributed by atoms with Crippen LogP contribution in [0, 0.1) is 0 Å². The minimum atomic E-state index is -2.98. The van der Waals surface area contributed by atoms with Crippen LogP contribution < -0.4 is 5.73 Å². The largest absolute Gasteiger partial charge is 0.379 e. The molecule has 0 atom stereocenters. The molecule has 0 aromatic heterocycles. The van der Waals surface area contributed by atoms with E-state index in [1.165, 1.54) is 0 Å². The summed E-state index contributed by atoms with van der Waals surface area (Å²) in [7, 11) is -2.98. The van der Waals surface area contributed by atoms with E-state index in [-0.39, 0.29) is 17.6 Å². The summed E-state index contributed by atoms with van der Waals surface area (Å²) in [5.74, 6) is 0.0702. The minimum Gasteiger partial charge on any atom is -0.379 e. The molecule has 0 heterocycles. The van der Waals surface area contributed by atoms with Crippen LogP contribution in [0.4, 0.5) is 0 Å². The van der Waals surface area contributed by atoms with Gasteiger partial charge < -0.3 is 10.5 Å². The highest BCUT2D eigenvalue weighted by Crippen LogP contribution is 2.02. The predicted molar refractivity (Wildman–Crippen MR) is 58.0 cm³/mol. The Morgan fingerprint density at radius 1 is 1.36 bits per heavy atom. The first-order chi connectivity index (χ1) is 6.15. The lowest BCUT2D eigenvalue weighted by atomic mass is 10.1. The fourth-order valence-electron chi connectivity index (χ4n) is 0.746. The Bertz CT molecular complexity index is 252. The zero-order chi connectivity index (χ0) is 11.4. The van der Waals surface area contributed by atoms with Crippen LogP contribution in [0.2, 0.25) is 0 Å². The van der Waals surface area contributed by atoms with Gasteiger partial charge in [-0.05, 0) is 27.7 Å². The molecule has 0 bridgehead atoms. The molecule has 14 heavy (non-hydrogen) atoms. The van der Waals surface area contributed by atoms with Crippen molar-refractivity contribution in [2.75, 3.05) is 19.0 Å². The summed E-state index contributed by atoms with van der Waals surface area (Å²) in [5.41, 5.74) is 5.27. The van der Waals surface area contributed by atoms with Crippen LogP contribution in [-0.2, 0) is 14.6 Å². The van der Waals surface area contributed by atoms with E-state index in [9.17, 15) is 8.42 Å². The van der Waals surface area contributed by atoms with Crippen molar-refractivity contribution in [1.82, 2.24) is 0 Å². The SMILES string of the molecule is CC(C)S(=O)(=O)CCOCC(C)(C)N. The summed E-state index contributed by atoms with van der Waals surface area (Å²) in [5, 5.41) is -0.336. The van der Waals surface area contributed by atoms with Gasteiger partial charge in [0.25, 0.3) is 0 Å². The van der Waals surface area contributed by atoms with Gasteiger partial charge >= 0.3 is 0 Å². The maximum atomic E-state index is 11.3. The van der Waals surface area contributed by atoms with Crippen molar-refractivity contribution in [3.63, 3.8) is 0 Å². The van der Waals surface area contributed by atoms with E-state index in [2.05, 4.69) is 0 Å². The molecule has 2 N–H and O–H groups in total. The van der Waals surface area contributed by atoms with Gasteiger partial charge in [-0.15, -0.1) is 0 Å². The number of rotatable bonds is 6. The molecule has 0 saturated carbocycles. The first-order valence-electron chi connectivity index (χ1n) is 4.73. The molecule has 0 amide bonds. The Hall–Kier alpha value is -0.130. The fraction of sp³-hybridized carbons (Fsp3) is 1.00. The van der Waals surface area contributed by atoms with E-state index in [1.807, 2.05) is 13.8 Å². The van der Waals surface area contributed by atoms with E-state index in [0.29, 0.717) is 6.61 Å². The second-order valence-corrected chi connectivity index (χ2v) is 7.13. The monoisotopic (exact) mass is 223 g/mol. The zero-order valence-electron chi connectivity index (χ0n) is 9.41. The number of sulfone groups is 1. The van der Waals surface area contributed by atoms with Crippen molar-refractivity contribution in [3.05, 3.63) is 0 Å². The Morgan fingerprint density at radius 3 is 2.21 bits per heavy atom. The molecule has 0 rings (SSSR count). The maximum absolute atomic E-state index is 11.3. The van der Waals surface area contributed by atoms with E-state index in [0.717, 1.165) is 0 Å². The van der Waals surface area contributed by atoms with Crippen LogP contribution in [0.15, 0.2) is 0 Å². The molecule has 5 heteroatoms. The maximum Gasteiger partial charge on any atom is 0.154 e. The van der Waals surface area contributed by atoms with E-state index in [1.54, 1.807) is 13.8 Å². The second kappa shape index (κ2) is 5.09. The Labute approximate surface area is 86.7 Å². The van der Waals surface area contributed by atoms with Gasteiger partial charge in [-0.3, -0.25) is 0 Å². The van der Waals surface area contributed by atoms with Crippen LogP contribution in [0.25, 0.3) is 0 Å². The zero-order valence-corrected chi connectivity index (χ0v) is 10.2. The first kappa shape index (κ1) is 13.9. The third-order valence-electron chi connectivity index (χ3n) is 1.70. The van der Waals surface area contributed by atoms with Crippen molar-refractivity contribution in [3.8, 4) is 0 Å². The molecular formula is C9H21NO3S. The molecule has 0 radical (unpaired) electrons. The van der Waals surface area contributed by atoms with Gasteiger partial charge in [0.2, 0.25) is 0 Å². The average Bonchev–Trinajstić information content (AvgIpc) is 1.96.